The van der Waals surface area contributed by atoms with Crippen LogP contribution in [0, 0.1) is 5.41 Å². The van der Waals surface area contributed by atoms with Crippen molar-refractivity contribution in [2.45, 2.75) is 72.6 Å². The number of aryl methyl sites for hydroxylation is 2. The second-order valence-corrected chi connectivity index (χ2v) is 10.9. The lowest BCUT2D eigenvalue weighted by atomic mass is 9.94. The topological polar surface area (TPSA) is 49.3 Å². The summed E-state index contributed by atoms with van der Waals surface area (Å²) in [7, 11) is 0. The van der Waals surface area contributed by atoms with E-state index in [1.807, 2.05) is 37.0 Å². The number of piperazine rings is 1. The first-order valence-corrected chi connectivity index (χ1v) is 11.9. The number of hydrogen-bond donors (Lipinski definition) is 0. The minimum Gasteiger partial charge on any atom is -0.352 e. The van der Waals surface area contributed by atoms with E-state index >= 15 is 0 Å². The van der Waals surface area contributed by atoms with Crippen LogP contribution in [0.3, 0.4) is 0 Å². The van der Waals surface area contributed by atoms with Gasteiger partial charge < -0.3 is 9.80 Å². The van der Waals surface area contributed by atoms with Gasteiger partial charge in [-0.2, -0.15) is 0 Å². The van der Waals surface area contributed by atoms with Gasteiger partial charge in [-0.25, -0.2) is 9.97 Å². The minimum atomic E-state index is -0.320. The number of hydrogen-bond acceptors (Lipinski definition) is 5. The third-order valence-corrected chi connectivity index (χ3v) is 7.27. The van der Waals surface area contributed by atoms with Crippen LogP contribution >= 0.6 is 11.3 Å². The Hall–Kier alpha value is -1.69. The van der Waals surface area contributed by atoms with Crippen LogP contribution in [-0.4, -0.2) is 47.0 Å². The first kappa shape index (κ1) is 20.6. The molecule has 0 atom stereocenters. The molecule has 29 heavy (non-hydrogen) atoms. The number of rotatable bonds is 2. The zero-order chi connectivity index (χ0) is 20.8. The number of amides is 1. The van der Waals surface area contributed by atoms with Crippen molar-refractivity contribution in [3.63, 3.8) is 0 Å². The summed E-state index contributed by atoms with van der Waals surface area (Å²) >= 11 is 1.89. The lowest BCUT2D eigenvalue weighted by Gasteiger charge is -2.38. The first-order chi connectivity index (χ1) is 13.8. The maximum Gasteiger partial charge on any atom is 0.228 e. The van der Waals surface area contributed by atoms with Gasteiger partial charge in [0.2, 0.25) is 5.91 Å². The van der Waals surface area contributed by atoms with Crippen LogP contribution in [0.1, 0.15) is 76.1 Å². The fourth-order valence-corrected chi connectivity index (χ4v) is 5.68. The molecule has 2 aliphatic rings. The van der Waals surface area contributed by atoms with Crippen LogP contribution in [-0.2, 0) is 17.6 Å². The van der Waals surface area contributed by atoms with Crippen molar-refractivity contribution >= 4 is 33.3 Å². The summed E-state index contributed by atoms with van der Waals surface area (Å²) in [4.78, 5) is 29.8. The van der Waals surface area contributed by atoms with E-state index in [2.05, 4.69) is 18.7 Å². The number of nitrogens with zero attached hydrogens (tertiary/aromatic N) is 4. The zero-order valence-electron chi connectivity index (χ0n) is 18.5. The Bertz CT molecular complexity index is 904. The normalized spacial score (nSPS) is 18.3. The molecule has 158 valence electrons. The minimum absolute atomic E-state index is 0.247. The van der Waals surface area contributed by atoms with Crippen LogP contribution in [0.2, 0.25) is 0 Å². The monoisotopic (exact) mass is 414 g/mol. The molecule has 4 rings (SSSR count). The molecule has 1 fully saturated rings. The van der Waals surface area contributed by atoms with Crippen LogP contribution in [0.25, 0.3) is 10.2 Å². The predicted molar refractivity (Wildman–Crippen MR) is 121 cm³/mol. The summed E-state index contributed by atoms with van der Waals surface area (Å²) in [6.07, 6.45) is 6.19. The van der Waals surface area contributed by atoms with Crippen LogP contribution in [0.15, 0.2) is 0 Å². The Morgan fingerprint density at radius 2 is 1.69 bits per heavy atom. The molecule has 1 saturated heterocycles. The highest BCUT2D eigenvalue weighted by Crippen LogP contribution is 2.40. The molecular formula is C23H34N4OS. The fourth-order valence-electron chi connectivity index (χ4n) is 4.41. The van der Waals surface area contributed by atoms with E-state index in [0.717, 1.165) is 44.2 Å². The summed E-state index contributed by atoms with van der Waals surface area (Å²) in [5, 5.41) is 1.30. The van der Waals surface area contributed by atoms with Crippen LogP contribution < -0.4 is 4.90 Å². The largest absolute Gasteiger partial charge is 0.352 e. The van der Waals surface area contributed by atoms with Gasteiger partial charge in [-0.3, -0.25) is 4.79 Å². The smallest absolute Gasteiger partial charge is 0.228 e. The molecule has 2 aromatic rings. The summed E-state index contributed by atoms with van der Waals surface area (Å²) in [5.74, 6) is 2.61. The van der Waals surface area contributed by atoms with Gasteiger partial charge in [0.25, 0.3) is 0 Å². The maximum atomic E-state index is 12.7. The molecule has 1 aliphatic heterocycles. The highest BCUT2D eigenvalue weighted by Gasteiger charge is 2.31. The standard InChI is InChI=1S/C23H34N4OS/c1-15(2)19-24-20(26-11-13-27(14-12-26)22(28)23(3,4)5)18-16-9-7-6-8-10-17(16)29-21(18)25-19/h15H,6-14H2,1-5H3. The van der Waals surface area contributed by atoms with Crippen LogP contribution in [0.5, 0.6) is 0 Å². The Morgan fingerprint density at radius 3 is 2.34 bits per heavy atom. The van der Waals surface area contributed by atoms with Crippen molar-refractivity contribution in [3.8, 4) is 0 Å². The Morgan fingerprint density at radius 1 is 1.00 bits per heavy atom. The number of carbonyl (C=O) groups excluding carboxylic acids is 1. The number of carbonyl (C=O) groups is 1. The lowest BCUT2D eigenvalue weighted by molar-refractivity contribution is -0.139. The number of fused-ring (bicyclic) bond motifs is 3. The third kappa shape index (κ3) is 4.00. The Labute approximate surface area is 178 Å². The molecule has 1 aliphatic carbocycles. The van der Waals surface area contributed by atoms with E-state index < -0.39 is 0 Å². The molecule has 0 N–H and O–H groups in total. The summed E-state index contributed by atoms with van der Waals surface area (Å²) in [5.41, 5.74) is 1.18. The molecule has 0 radical (unpaired) electrons. The van der Waals surface area contributed by atoms with Gasteiger partial charge in [-0.15, -0.1) is 11.3 Å². The molecule has 3 heterocycles. The fraction of sp³-hybridized carbons (Fsp3) is 0.696. The Balaban J connectivity index is 1.69. The van der Waals surface area contributed by atoms with Gasteiger partial charge in [-0.1, -0.05) is 41.0 Å². The molecule has 6 heteroatoms. The van der Waals surface area contributed by atoms with E-state index in [1.165, 1.54) is 46.3 Å². The zero-order valence-corrected chi connectivity index (χ0v) is 19.4. The quantitative estimate of drug-likeness (QED) is 0.664. The third-order valence-electron chi connectivity index (χ3n) is 6.09. The molecule has 0 saturated carbocycles. The van der Waals surface area contributed by atoms with Crippen molar-refractivity contribution < 1.29 is 4.79 Å². The Kier molecular flexibility index (Phi) is 5.58. The van der Waals surface area contributed by atoms with E-state index in [-0.39, 0.29) is 11.3 Å². The van der Waals surface area contributed by atoms with Crippen LogP contribution in [0.4, 0.5) is 5.82 Å². The lowest BCUT2D eigenvalue weighted by Crippen LogP contribution is -2.52. The van der Waals surface area contributed by atoms with Gasteiger partial charge in [0.15, 0.2) is 0 Å². The molecule has 2 aromatic heterocycles. The van der Waals surface area contributed by atoms with Gasteiger partial charge in [0, 0.05) is 42.4 Å². The van der Waals surface area contributed by atoms with E-state index in [1.54, 1.807) is 0 Å². The average Bonchev–Trinajstić information content (AvgIpc) is 2.87. The van der Waals surface area contributed by atoms with E-state index in [9.17, 15) is 4.79 Å². The molecule has 1 amide bonds. The summed E-state index contributed by atoms with van der Waals surface area (Å²) in [6.45, 7) is 13.6. The van der Waals surface area contributed by atoms with Gasteiger partial charge >= 0.3 is 0 Å². The first-order valence-electron chi connectivity index (χ1n) is 11.1. The predicted octanol–water partition coefficient (Wildman–Crippen LogP) is 4.78. The average molecular weight is 415 g/mol. The van der Waals surface area contributed by atoms with Gasteiger partial charge in [0.05, 0.1) is 5.39 Å². The van der Waals surface area contributed by atoms with E-state index in [4.69, 9.17) is 9.97 Å². The van der Waals surface area contributed by atoms with Crippen molar-refractivity contribution in [2.75, 3.05) is 31.1 Å². The van der Waals surface area contributed by atoms with E-state index in [0.29, 0.717) is 5.92 Å². The SMILES string of the molecule is CC(C)c1nc(N2CCN(C(=O)C(C)(C)C)CC2)c2c3c(sc2n1)CCCCC3. The molecule has 0 aromatic carbocycles. The molecule has 0 bridgehead atoms. The molecular weight excluding hydrogens is 380 g/mol. The molecule has 0 unspecified atom stereocenters. The number of anilines is 1. The summed E-state index contributed by atoms with van der Waals surface area (Å²) in [6, 6.07) is 0. The highest BCUT2D eigenvalue weighted by molar-refractivity contribution is 7.19. The van der Waals surface area contributed by atoms with Gasteiger partial charge in [-0.05, 0) is 31.2 Å². The molecule has 5 nitrogen and oxygen atoms in total. The second kappa shape index (κ2) is 7.86. The van der Waals surface area contributed by atoms with Gasteiger partial charge in [0.1, 0.15) is 16.5 Å². The maximum absolute atomic E-state index is 12.7. The number of aromatic nitrogens is 2. The summed E-state index contributed by atoms with van der Waals surface area (Å²) < 4.78 is 0. The number of thiophene rings is 1. The molecule has 0 spiro atoms. The highest BCUT2D eigenvalue weighted by atomic mass is 32.1. The van der Waals surface area contributed by atoms with Crippen molar-refractivity contribution in [2.24, 2.45) is 5.41 Å². The van der Waals surface area contributed by atoms with Crippen molar-refractivity contribution in [1.29, 1.82) is 0 Å². The van der Waals surface area contributed by atoms with Crippen molar-refractivity contribution in [1.82, 2.24) is 14.9 Å². The van der Waals surface area contributed by atoms with Crippen molar-refractivity contribution in [3.05, 3.63) is 16.3 Å². The second-order valence-electron chi connectivity index (χ2n) is 9.83.